The van der Waals surface area contributed by atoms with Crippen LogP contribution in [0.4, 0.5) is 0 Å². The number of aromatic hydroxyl groups is 1. The molecule has 0 spiro atoms. The molecule has 1 aliphatic rings. The number of carbonyl (C=O) groups excluding carboxylic acids is 1. The number of phenolic OH excluding ortho intramolecular Hbond substituents is 1. The molecule has 0 aromatic heterocycles. The molecule has 1 aromatic carbocycles. The van der Waals surface area contributed by atoms with Gasteiger partial charge in [-0.15, -0.1) is 0 Å². The standard InChI is InChI=1S/C16H24N2O3/c1-3-18(12(2)13-5-4-6-15(19)9-13)16(20)10-14-11-21-8-7-17-14/h4-6,9,12,14,17,19H,3,7-8,10-11H2,1-2H3. The van der Waals surface area contributed by atoms with Crippen molar-refractivity contribution in [2.24, 2.45) is 0 Å². The summed E-state index contributed by atoms with van der Waals surface area (Å²) in [6.07, 6.45) is 0.441. The Hall–Kier alpha value is -1.59. The molecular formula is C16H24N2O3. The van der Waals surface area contributed by atoms with E-state index in [1.165, 1.54) is 0 Å². The molecule has 0 radical (unpaired) electrons. The molecule has 2 atom stereocenters. The van der Waals surface area contributed by atoms with Gasteiger partial charge in [0.15, 0.2) is 0 Å². The van der Waals surface area contributed by atoms with Crippen molar-refractivity contribution in [3.8, 4) is 5.75 Å². The van der Waals surface area contributed by atoms with Crippen LogP contribution >= 0.6 is 0 Å². The molecular weight excluding hydrogens is 268 g/mol. The Balaban J connectivity index is 2.01. The second-order valence-electron chi connectivity index (χ2n) is 5.38. The number of carbonyl (C=O) groups is 1. The lowest BCUT2D eigenvalue weighted by molar-refractivity contribution is -0.134. The number of hydrogen-bond donors (Lipinski definition) is 2. The second-order valence-corrected chi connectivity index (χ2v) is 5.38. The van der Waals surface area contributed by atoms with Gasteiger partial charge in [-0.05, 0) is 31.5 Å². The number of amides is 1. The van der Waals surface area contributed by atoms with Crippen LogP contribution in [0.25, 0.3) is 0 Å². The van der Waals surface area contributed by atoms with E-state index in [2.05, 4.69) is 5.32 Å². The van der Waals surface area contributed by atoms with Crippen molar-refractivity contribution in [1.29, 1.82) is 0 Å². The monoisotopic (exact) mass is 292 g/mol. The van der Waals surface area contributed by atoms with Crippen molar-refractivity contribution in [3.63, 3.8) is 0 Å². The zero-order chi connectivity index (χ0) is 15.2. The highest BCUT2D eigenvalue weighted by Gasteiger charge is 2.24. The van der Waals surface area contributed by atoms with Crippen LogP contribution in [0.5, 0.6) is 5.75 Å². The number of hydrogen-bond acceptors (Lipinski definition) is 4. The summed E-state index contributed by atoms with van der Waals surface area (Å²) in [4.78, 5) is 14.3. The molecule has 1 fully saturated rings. The SMILES string of the molecule is CCN(C(=O)CC1COCCN1)C(C)c1cccc(O)c1. The number of rotatable bonds is 5. The molecule has 1 amide bonds. The average Bonchev–Trinajstić information content (AvgIpc) is 2.49. The van der Waals surface area contributed by atoms with Gasteiger partial charge in [-0.25, -0.2) is 0 Å². The Bertz CT molecular complexity index is 472. The number of morpholine rings is 1. The predicted molar refractivity (Wildman–Crippen MR) is 81.1 cm³/mol. The fourth-order valence-corrected chi connectivity index (χ4v) is 2.71. The Morgan fingerprint density at radius 1 is 1.57 bits per heavy atom. The minimum atomic E-state index is -0.0564. The molecule has 5 heteroatoms. The van der Waals surface area contributed by atoms with Gasteiger partial charge in [0, 0.05) is 25.6 Å². The number of nitrogens with one attached hydrogen (secondary N) is 1. The van der Waals surface area contributed by atoms with E-state index in [0.717, 1.165) is 12.1 Å². The zero-order valence-electron chi connectivity index (χ0n) is 12.7. The lowest BCUT2D eigenvalue weighted by atomic mass is 10.1. The minimum absolute atomic E-state index is 0.0564. The fraction of sp³-hybridized carbons (Fsp3) is 0.562. The normalized spacial score (nSPS) is 20.0. The third-order valence-corrected chi connectivity index (χ3v) is 3.90. The van der Waals surface area contributed by atoms with Crippen molar-refractivity contribution in [1.82, 2.24) is 10.2 Å². The van der Waals surface area contributed by atoms with E-state index in [4.69, 9.17) is 4.74 Å². The molecule has 1 saturated heterocycles. The van der Waals surface area contributed by atoms with Gasteiger partial charge >= 0.3 is 0 Å². The highest BCUT2D eigenvalue weighted by molar-refractivity contribution is 5.77. The van der Waals surface area contributed by atoms with Crippen LogP contribution in [0.1, 0.15) is 31.9 Å². The van der Waals surface area contributed by atoms with Gasteiger partial charge in [0.25, 0.3) is 0 Å². The van der Waals surface area contributed by atoms with Crippen LogP contribution in [0.3, 0.4) is 0 Å². The largest absolute Gasteiger partial charge is 0.508 e. The van der Waals surface area contributed by atoms with Crippen molar-refractivity contribution >= 4 is 5.91 Å². The topological polar surface area (TPSA) is 61.8 Å². The summed E-state index contributed by atoms with van der Waals surface area (Å²) >= 11 is 0. The first-order chi connectivity index (χ1) is 10.1. The summed E-state index contributed by atoms with van der Waals surface area (Å²) in [5, 5.41) is 12.9. The van der Waals surface area contributed by atoms with Crippen LogP contribution in [0, 0.1) is 0 Å². The van der Waals surface area contributed by atoms with Gasteiger partial charge in [-0.1, -0.05) is 12.1 Å². The average molecular weight is 292 g/mol. The van der Waals surface area contributed by atoms with Crippen LogP contribution in [-0.4, -0.2) is 48.3 Å². The molecule has 1 aliphatic heterocycles. The third-order valence-electron chi connectivity index (χ3n) is 3.90. The molecule has 2 unspecified atom stereocenters. The zero-order valence-corrected chi connectivity index (χ0v) is 12.7. The first-order valence-corrected chi connectivity index (χ1v) is 7.51. The summed E-state index contributed by atoms with van der Waals surface area (Å²) in [6, 6.07) is 7.12. The Kier molecular flexibility index (Phi) is 5.59. The summed E-state index contributed by atoms with van der Waals surface area (Å²) in [6.45, 7) is 6.70. The van der Waals surface area contributed by atoms with Crippen molar-refractivity contribution < 1.29 is 14.6 Å². The fourth-order valence-electron chi connectivity index (χ4n) is 2.71. The highest BCUT2D eigenvalue weighted by Crippen LogP contribution is 2.24. The van der Waals surface area contributed by atoms with Crippen LogP contribution in [0.2, 0.25) is 0 Å². The lowest BCUT2D eigenvalue weighted by Crippen LogP contribution is -2.45. The van der Waals surface area contributed by atoms with E-state index in [-0.39, 0.29) is 23.7 Å². The molecule has 2 rings (SSSR count). The van der Waals surface area contributed by atoms with E-state index >= 15 is 0 Å². The Morgan fingerprint density at radius 2 is 2.38 bits per heavy atom. The highest BCUT2D eigenvalue weighted by atomic mass is 16.5. The number of ether oxygens (including phenoxy) is 1. The van der Waals surface area contributed by atoms with Gasteiger partial charge in [0.2, 0.25) is 5.91 Å². The van der Waals surface area contributed by atoms with Crippen molar-refractivity contribution in [2.75, 3.05) is 26.3 Å². The number of benzene rings is 1. The maximum atomic E-state index is 12.5. The summed E-state index contributed by atoms with van der Waals surface area (Å²) < 4.78 is 5.39. The summed E-state index contributed by atoms with van der Waals surface area (Å²) in [5.41, 5.74) is 0.943. The maximum absolute atomic E-state index is 12.5. The number of phenols is 1. The van der Waals surface area contributed by atoms with Gasteiger partial charge < -0.3 is 20.1 Å². The quantitative estimate of drug-likeness (QED) is 0.867. The lowest BCUT2D eigenvalue weighted by Gasteiger charge is -2.31. The van der Waals surface area contributed by atoms with Crippen LogP contribution < -0.4 is 5.32 Å². The van der Waals surface area contributed by atoms with Gasteiger partial charge in [-0.3, -0.25) is 4.79 Å². The molecule has 1 aromatic rings. The van der Waals surface area contributed by atoms with Gasteiger partial charge in [0.1, 0.15) is 5.75 Å². The summed E-state index contributed by atoms with van der Waals surface area (Å²) in [5.74, 6) is 0.335. The van der Waals surface area contributed by atoms with Crippen molar-refractivity contribution in [2.45, 2.75) is 32.4 Å². The first-order valence-electron chi connectivity index (χ1n) is 7.51. The molecule has 0 bridgehead atoms. The van der Waals surface area contributed by atoms with Crippen LogP contribution in [0.15, 0.2) is 24.3 Å². The van der Waals surface area contributed by atoms with E-state index in [9.17, 15) is 9.90 Å². The van der Waals surface area contributed by atoms with E-state index in [0.29, 0.717) is 26.2 Å². The predicted octanol–water partition coefficient (Wildman–Crippen LogP) is 1.68. The summed E-state index contributed by atoms with van der Waals surface area (Å²) in [7, 11) is 0. The van der Waals surface area contributed by atoms with Crippen LogP contribution in [-0.2, 0) is 9.53 Å². The first kappa shape index (κ1) is 15.8. The molecule has 2 N–H and O–H groups in total. The van der Waals surface area contributed by atoms with E-state index < -0.39 is 0 Å². The van der Waals surface area contributed by atoms with E-state index in [1.54, 1.807) is 18.2 Å². The smallest absolute Gasteiger partial charge is 0.224 e. The third kappa shape index (κ3) is 4.19. The molecule has 21 heavy (non-hydrogen) atoms. The molecule has 0 saturated carbocycles. The second kappa shape index (κ2) is 7.43. The van der Waals surface area contributed by atoms with Gasteiger partial charge in [0.05, 0.1) is 19.3 Å². The molecule has 116 valence electrons. The van der Waals surface area contributed by atoms with Gasteiger partial charge in [-0.2, -0.15) is 0 Å². The van der Waals surface area contributed by atoms with E-state index in [1.807, 2.05) is 24.8 Å². The molecule has 0 aliphatic carbocycles. The molecule has 5 nitrogen and oxygen atoms in total. The Morgan fingerprint density at radius 3 is 3.00 bits per heavy atom. The minimum Gasteiger partial charge on any atom is -0.508 e. The van der Waals surface area contributed by atoms with Crippen molar-refractivity contribution in [3.05, 3.63) is 29.8 Å². The number of nitrogens with zero attached hydrogens (tertiary/aromatic N) is 1. The Labute approximate surface area is 125 Å². The maximum Gasteiger partial charge on any atom is 0.224 e. The molecule has 1 heterocycles.